The van der Waals surface area contributed by atoms with Gasteiger partial charge in [-0.25, -0.2) is 4.79 Å². The summed E-state index contributed by atoms with van der Waals surface area (Å²) in [5, 5.41) is 0. The van der Waals surface area contributed by atoms with Crippen LogP contribution in [0.5, 0.6) is 5.75 Å². The predicted molar refractivity (Wildman–Crippen MR) is 102 cm³/mol. The summed E-state index contributed by atoms with van der Waals surface area (Å²) in [6, 6.07) is 14.5. The minimum atomic E-state index is -0.519. The van der Waals surface area contributed by atoms with E-state index in [0.717, 1.165) is 16.3 Å². The summed E-state index contributed by atoms with van der Waals surface area (Å²) < 4.78 is 10.7. The summed E-state index contributed by atoms with van der Waals surface area (Å²) >= 11 is 1.72. The second-order valence-corrected chi connectivity index (χ2v) is 7.27. The molecule has 6 heteroatoms. The molecule has 2 aromatic carbocycles. The molecule has 1 aliphatic rings. The van der Waals surface area contributed by atoms with Crippen LogP contribution in [-0.2, 0) is 9.53 Å². The van der Waals surface area contributed by atoms with Gasteiger partial charge in [0.15, 0.2) is 6.61 Å². The third-order valence-corrected chi connectivity index (χ3v) is 4.86. The van der Waals surface area contributed by atoms with Gasteiger partial charge in [-0.1, -0.05) is 12.1 Å². The molecule has 0 atom stereocenters. The van der Waals surface area contributed by atoms with Crippen molar-refractivity contribution < 1.29 is 19.1 Å². The Morgan fingerprint density at radius 2 is 1.85 bits per heavy atom. The monoisotopic (exact) mass is 371 g/mol. The summed E-state index contributed by atoms with van der Waals surface area (Å²) in [5.74, 6) is 0.781. The van der Waals surface area contributed by atoms with Crippen molar-refractivity contribution in [3.8, 4) is 5.75 Å². The summed E-state index contributed by atoms with van der Waals surface area (Å²) in [5.41, 5.74) is 1.27. The van der Waals surface area contributed by atoms with Crippen molar-refractivity contribution in [2.24, 2.45) is 0 Å². The zero-order valence-corrected chi connectivity index (χ0v) is 15.6. The minimum absolute atomic E-state index is 0.0657. The summed E-state index contributed by atoms with van der Waals surface area (Å²) in [6.07, 6.45) is 0.0657. The molecule has 3 rings (SSSR count). The third kappa shape index (κ3) is 4.38. The van der Waals surface area contributed by atoms with E-state index in [2.05, 4.69) is 0 Å². The highest BCUT2D eigenvalue weighted by Gasteiger charge is 2.23. The second kappa shape index (κ2) is 8.27. The minimum Gasteiger partial charge on any atom is -0.491 e. The third-order valence-electron chi connectivity index (χ3n) is 3.82. The van der Waals surface area contributed by atoms with Crippen molar-refractivity contribution in [1.82, 2.24) is 0 Å². The Labute approximate surface area is 157 Å². The first kappa shape index (κ1) is 18.3. The van der Waals surface area contributed by atoms with Crippen LogP contribution in [0.1, 0.15) is 24.2 Å². The first-order chi connectivity index (χ1) is 12.5. The van der Waals surface area contributed by atoms with E-state index in [0.29, 0.717) is 17.9 Å². The van der Waals surface area contributed by atoms with E-state index < -0.39 is 5.97 Å². The Morgan fingerprint density at radius 1 is 1.12 bits per heavy atom. The van der Waals surface area contributed by atoms with Gasteiger partial charge in [0, 0.05) is 17.2 Å². The Kier molecular flexibility index (Phi) is 5.83. The molecule has 5 nitrogen and oxygen atoms in total. The lowest BCUT2D eigenvalue weighted by atomic mass is 10.2. The molecule has 1 heterocycles. The molecule has 0 fully saturated rings. The molecule has 0 saturated heterocycles. The number of para-hydroxylation sites is 1. The molecule has 0 bridgehead atoms. The number of nitrogens with zero attached hydrogens (tertiary/aromatic N) is 1. The van der Waals surface area contributed by atoms with Crippen LogP contribution in [0.25, 0.3) is 0 Å². The van der Waals surface area contributed by atoms with Gasteiger partial charge in [-0.05, 0) is 50.2 Å². The average molecular weight is 371 g/mol. The highest BCUT2D eigenvalue weighted by atomic mass is 32.2. The lowest BCUT2D eigenvalue weighted by Gasteiger charge is -2.28. The van der Waals surface area contributed by atoms with Crippen LogP contribution in [0, 0.1) is 0 Å². The molecule has 0 radical (unpaired) electrons. The zero-order chi connectivity index (χ0) is 18.5. The molecule has 0 unspecified atom stereocenters. The second-order valence-electron chi connectivity index (χ2n) is 6.13. The number of anilines is 1. The van der Waals surface area contributed by atoms with Crippen molar-refractivity contribution in [2.75, 3.05) is 23.8 Å². The Morgan fingerprint density at radius 3 is 2.58 bits per heavy atom. The van der Waals surface area contributed by atoms with Crippen LogP contribution in [0.3, 0.4) is 0 Å². The van der Waals surface area contributed by atoms with Gasteiger partial charge in [-0.2, -0.15) is 0 Å². The maximum absolute atomic E-state index is 12.5. The van der Waals surface area contributed by atoms with Gasteiger partial charge in [-0.15, -0.1) is 11.8 Å². The van der Waals surface area contributed by atoms with Gasteiger partial charge in [-0.3, -0.25) is 4.79 Å². The van der Waals surface area contributed by atoms with E-state index in [1.807, 2.05) is 38.1 Å². The average Bonchev–Trinajstić information content (AvgIpc) is 2.65. The highest BCUT2D eigenvalue weighted by Crippen LogP contribution is 2.34. The van der Waals surface area contributed by atoms with Gasteiger partial charge in [0.25, 0.3) is 5.91 Å². The molecular weight excluding hydrogens is 350 g/mol. The topological polar surface area (TPSA) is 55.8 Å². The van der Waals surface area contributed by atoms with E-state index in [1.54, 1.807) is 40.9 Å². The molecule has 1 aliphatic heterocycles. The SMILES string of the molecule is CC(C)Oc1ccc(C(=O)OCC(=O)N2CCSc3ccccc32)cc1. The number of ether oxygens (including phenoxy) is 2. The van der Waals surface area contributed by atoms with E-state index in [-0.39, 0.29) is 18.6 Å². The molecule has 0 aromatic heterocycles. The summed E-state index contributed by atoms with van der Waals surface area (Å²) in [6.45, 7) is 4.21. The zero-order valence-electron chi connectivity index (χ0n) is 14.8. The van der Waals surface area contributed by atoms with Gasteiger partial charge in [0.05, 0.1) is 17.4 Å². The van der Waals surface area contributed by atoms with Crippen molar-refractivity contribution in [3.05, 3.63) is 54.1 Å². The van der Waals surface area contributed by atoms with Crippen molar-refractivity contribution in [3.63, 3.8) is 0 Å². The number of rotatable bonds is 5. The largest absolute Gasteiger partial charge is 0.491 e. The number of esters is 1. The van der Waals surface area contributed by atoms with Crippen LogP contribution in [0.15, 0.2) is 53.4 Å². The molecule has 0 aliphatic carbocycles. The molecular formula is C20H21NO4S. The van der Waals surface area contributed by atoms with Crippen molar-refractivity contribution >= 4 is 29.3 Å². The van der Waals surface area contributed by atoms with E-state index in [9.17, 15) is 9.59 Å². The van der Waals surface area contributed by atoms with Gasteiger partial charge < -0.3 is 14.4 Å². The number of amides is 1. The molecule has 1 amide bonds. The smallest absolute Gasteiger partial charge is 0.338 e. The molecule has 2 aromatic rings. The normalized spacial score (nSPS) is 13.3. The van der Waals surface area contributed by atoms with Crippen LogP contribution in [0.2, 0.25) is 0 Å². The Balaban J connectivity index is 1.59. The number of carbonyl (C=O) groups excluding carboxylic acids is 2. The highest BCUT2D eigenvalue weighted by molar-refractivity contribution is 7.99. The van der Waals surface area contributed by atoms with E-state index >= 15 is 0 Å². The number of hydrogen-bond acceptors (Lipinski definition) is 5. The predicted octanol–water partition coefficient (Wildman–Crippen LogP) is 3.77. The molecule has 0 N–H and O–H groups in total. The van der Waals surface area contributed by atoms with Crippen molar-refractivity contribution in [2.45, 2.75) is 24.8 Å². The van der Waals surface area contributed by atoms with Gasteiger partial charge >= 0.3 is 5.97 Å². The Bertz CT molecular complexity index is 789. The van der Waals surface area contributed by atoms with Gasteiger partial charge in [0.2, 0.25) is 0 Å². The summed E-state index contributed by atoms with van der Waals surface area (Å²) in [7, 11) is 0. The fourth-order valence-corrected chi connectivity index (χ4v) is 3.65. The van der Waals surface area contributed by atoms with Crippen LogP contribution >= 0.6 is 11.8 Å². The standard InChI is InChI=1S/C20H21NO4S/c1-14(2)25-16-9-7-15(8-10-16)20(23)24-13-19(22)21-11-12-26-18-6-4-3-5-17(18)21/h3-10,14H,11-13H2,1-2H3. The molecule has 0 saturated carbocycles. The van der Waals surface area contributed by atoms with E-state index in [4.69, 9.17) is 9.47 Å². The lowest BCUT2D eigenvalue weighted by molar-refractivity contribution is -0.121. The number of thioether (sulfide) groups is 1. The first-order valence-corrected chi connectivity index (χ1v) is 9.49. The van der Waals surface area contributed by atoms with Crippen molar-refractivity contribution in [1.29, 1.82) is 0 Å². The quantitative estimate of drug-likeness (QED) is 0.749. The maximum atomic E-state index is 12.5. The first-order valence-electron chi connectivity index (χ1n) is 8.50. The fraction of sp³-hybridized carbons (Fsp3) is 0.300. The fourth-order valence-electron chi connectivity index (χ4n) is 2.66. The Hall–Kier alpha value is -2.47. The number of hydrogen-bond donors (Lipinski definition) is 0. The van der Waals surface area contributed by atoms with E-state index in [1.165, 1.54) is 0 Å². The maximum Gasteiger partial charge on any atom is 0.338 e. The lowest BCUT2D eigenvalue weighted by Crippen LogP contribution is -2.38. The van der Waals surface area contributed by atoms with Crippen LogP contribution < -0.4 is 9.64 Å². The molecule has 26 heavy (non-hydrogen) atoms. The number of carbonyl (C=O) groups is 2. The van der Waals surface area contributed by atoms with Crippen LogP contribution in [0.4, 0.5) is 5.69 Å². The molecule has 136 valence electrons. The van der Waals surface area contributed by atoms with Gasteiger partial charge in [0.1, 0.15) is 5.75 Å². The number of benzene rings is 2. The number of fused-ring (bicyclic) bond motifs is 1. The molecule has 0 spiro atoms. The summed E-state index contributed by atoms with van der Waals surface area (Å²) in [4.78, 5) is 27.4. The van der Waals surface area contributed by atoms with Crippen LogP contribution in [-0.4, -0.2) is 36.9 Å².